The Labute approximate surface area is 343 Å². The van der Waals surface area contributed by atoms with Crippen LogP contribution in [-0.4, -0.2) is 34.9 Å². The molecule has 0 aliphatic heterocycles. The van der Waals surface area contributed by atoms with Crippen LogP contribution in [0.4, 0.5) is 0 Å². The Morgan fingerprint density at radius 3 is 1.13 bits per heavy atom. The van der Waals surface area contributed by atoms with Crippen LogP contribution in [0.3, 0.4) is 0 Å². The molecule has 0 aliphatic rings. The first-order valence-corrected chi connectivity index (χ1v) is 19.9. The van der Waals surface area contributed by atoms with Crippen LogP contribution in [0, 0.1) is 0 Å². The quantitative estimate of drug-likeness (QED) is 0.161. The normalized spacial score (nSPS) is 11.7. The van der Waals surface area contributed by atoms with Crippen LogP contribution in [0.5, 0.6) is 0 Å². The van der Waals surface area contributed by atoms with Crippen molar-refractivity contribution in [3.05, 3.63) is 189 Å². The molecule has 0 spiro atoms. The number of nitrogens with zero attached hydrogens (tertiary/aromatic N) is 7. The fraction of sp³-hybridized carbons (Fsp3) is 0. The third-order valence-corrected chi connectivity index (χ3v) is 11.4. The number of hydrogen-bond acceptors (Lipinski definition) is 7. The van der Waals surface area contributed by atoms with E-state index < -0.39 is 0 Å². The molecule has 5 heterocycles. The van der Waals surface area contributed by atoms with Crippen molar-refractivity contribution in [2.45, 2.75) is 0 Å². The molecule has 12 aromatic rings. The van der Waals surface area contributed by atoms with Crippen LogP contribution in [0.2, 0.25) is 0 Å². The van der Waals surface area contributed by atoms with Crippen LogP contribution in [-0.2, 0) is 0 Å². The highest BCUT2D eigenvalue weighted by Crippen LogP contribution is 2.37. The Bertz CT molecular complexity index is 3460. The van der Waals surface area contributed by atoms with Crippen molar-refractivity contribution < 1.29 is 0 Å². The number of rotatable bonds is 5. The average molecular weight is 766 g/mol. The van der Waals surface area contributed by atoms with Crippen LogP contribution in [0.25, 0.3) is 122 Å². The Morgan fingerprint density at radius 1 is 0.250 bits per heavy atom. The van der Waals surface area contributed by atoms with E-state index >= 15 is 0 Å². The lowest BCUT2D eigenvalue weighted by molar-refractivity contribution is 1.08. The second kappa shape index (κ2) is 13.7. The highest BCUT2D eigenvalue weighted by Gasteiger charge is 2.16. The molecule has 0 aliphatic carbocycles. The van der Waals surface area contributed by atoms with Crippen molar-refractivity contribution in [3.63, 3.8) is 0 Å². The molecular weight excluding hydrogens is 735 g/mol. The Kier molecular flexibility index (Phi) is 7.71. The fourth-order valence-electron chi connectivity index (χ4n) is 8.49. The molecule has 278 valence electrons. The van der Waals surface area contributed by atoms with E-state index in [1.54, 1.807) is 0 Å². The molecule has 0 fully saturated rings. The molecule has 60 heavy (non-hydrogen) atoms. The van der Waals surface area contributed by atoms with Gasteiger partial charge in [-0.05, 0) is 104 Å². The van der Waals surface area contributed by atoms with Gasteiger partial charge in [0.25, 0.3) is 0 Å². The van der Waals surface area contributed by atoms with Gasteiger partial charge in [-0.15, -0.1) is 0 Å². The number of benzene rings is 7. The van der Waals surface area contributed by atoms with E-state index in [2.05, 4.69) is 119 Å². The molecular formula is C53H31N7. The van der Waals surface area contributed by atoms with Gasteiger partial charge >= 0.3 is 0 Å². The predicted octanol–water partition coefficient (Wildman–Crippen LogP) is 12.7. The van der Waals surface area contributed by atoms with E-state index in [9.17, 15) is 0 Å². The van der Waals surface area contributed by atoms with Gasteiger partial charge in [0.05, 0.1) is 22.1 Å². The third kappa shape index (κ3) is 5.71. The lowest BCUT2D eigenvalue weighted by Gasteiger charge is -2.12. The smallest absolute Gasteiger partial charge is 0.164 e. The molecule has 0 amide bonds. The summed E-state index contributed by atoms with van der Waals surface area (Å²) in [5, 5.41) is 8.67. The third-order valence-electron chi connectivity index (χ3n) is 11.4. The Morgan fingerprint density at radius 2 is 0.650 bits per heavy atom. The lowest BCUT2D eigenvalue weighted by Crippen LogP contribution is -2.00. The van der Waals surface area contributed by atoms with Gasteiger partial charge in [0.2, 0.25) is 0 Å². The lowest BCUT2D eigenvalue weighted by atomic mass is 9.95. The van der Waals surface area contributed by atoms with Crippen molar-refractivity contribution in [2.24, 2.45) is 0 Å². The number of hydrogen-bond donors (Lipinski definition) is 0. The molecule has 0 atom stereocenters. The van der Waals surface area contributed by atoms with Crippen LogP contribution in [0.1, 0.15) is 0 Å². The standard InChI is InChI=1S/C53H31N7/c1-2-8-34(9-3-1)51-58-52(39-20-16-32-14-18-35(26-41(32)28-39)45-30-37-10-4-22-54-47(37)49-43(45)12-6-24-56-49)60-53(59-51)40-21-17-33-15-19-36(27-42(33)29-40)46-31-38-11-5-23-55-48(38)50-44(46)13-7-25-57-50/h1-31H. The van der Waals surface area contributed by atoms with Gasteiger partial charge in [-0.2, -0.15) is 0 Å². The molecule has 5 aromatic heterocycles. The number of pyridine rings is 4. The molecule has 0 saturated carbocycles. The molecule has 0 N–H and O–H groups in total. The van der Waals surface area contributed by atoms with E-state index in [4.69, 9.17) is 24.9 Å². The molecule has 0 radical (unpaired) electrons. The van der Waals surface area contributed by atoms with Gasteiger partial charge < -0.3 is 0 Å². The van der Waals surface area contributed by atoms with Crippen molar-refractivity contribution in [2.75, 3.05) is 0 Å². The maximum absolute atomic E-state index is 5.17. The van der Waals surface area contributed by atoms with Crippen LogP contribution >= 0.6 is 0 Å². The summed E-state index contributed by atoms with van der Waals surface area (Å²) in [5.74, 6) is 1.83. The maximum Gasteiger partial charge on any atom is 0.164 e. The summed E-state index contributed by atoms with van der Waals surface area (Å²) in [6, 6.07) is 56.9. The minimum Gasteiger partial charge on any atom is -0.254 e. The van der Waals surface area contributed by atoms with E-state index in [0.29, 0.717) is 17.5 Å². The van der Waals surface area contributed by atoms with E-state index in [0.717, 1.165) is 104 Å². The molecule has 7 aromatic carbocycles. The minimum absolute atomic E-state index is 0.607. The number of fused-ring (bicyclic) bond motifs is 8. The molecule has 0 unspecified atom stereocenters. The summed E-state index contributed by atoms with van der Waals surface area (Å²) in [6.07, 6.45) is 7.31. The first kappa shape index (κ1) is 33.8. The van der Waals surface area contributed by atoms with Gasteiger partial charge in [-0.25, -0.2) is 15.0 Å². The summed E-state index contributed by atoms with van der Waals surface area (Å²) in [6.45, 7) is 0. The monoisotopic (exact) mass is 765 g/mol. The first-order chi connectivity index (χ1) is 29.7. The Hall–Kier alpha value is -8.29. The first-order valence-electron chi connectivity index (χ1n) is 19.9. The van der Waals surface area contributed by atoms with Gasteiger partial charge in [-0.3, -0.25) is 19.9 Å². The molecule has 12 rings (SSSR count). The topological polar surface area (TPSA) is 90.2 Å². The SMILES string of the molecule is c1ccc(-c2nc(-c3ccc4ccc(-c5cc6cccnc6c6ncccc56)cc4c3)nc(-c3ccc4ccc(-c5cc6cccnc6c6ncccc56)cc4c3)n2)cc1. The van der Waals surface area contributed by atoms with Gasteiger partial charge in [0, 0.05) is 63.0 Å². The van der Waals surface area contributed by atoms with Gasteiger partial charge in [-0.1, -0.05) is 103 Å². The minimum atomic E-state index is 0.607. The molecule has 0 saturated heterocycles. The van der Waals surface area contributed by atoms with E-state index in [1.165, 1.54) is 0 Å². The molecule has 7 heteroatoms. The second-order valence-electron chi connectivity index (χ2n) is 15.0. The zero-order valence-corrected chi connectivity index (χ0v) is 32.0. The van der Waals surface area contributed by atoms with Gasteiger partial charge in [0.15, 0.2) is 17.5 Å². The zero-order valence-electron chi connectivity index (χ0n) is 32.0. The summed E-state index contributed by atoms with van der Waals surface area (Å²) in [7, 11) is 0. The van der Waals surface area contributed by atoms with E-state index in [-0.39, 0.29) is 0 Å². The number of aromatic nitrogens is 7. The van der Waals surface area contributed by atoms with E-state index in [1.807, 2.05) is 79.4 Å². The highest BCUT2D eigenvalue weighted by atomic mass is 15.0. The second-order valence-corrected chi connectivity index (χ2v) is 15.0. The predicted molar refractivity (Wildman–Crippen MR) is 243 cm³/mol. The van der Waals surface area contributed by atoms with Crippen molar-refractivity contribution in [1.82, 2.24) is 34.9 Å². The van der Waals surface area contributed by atoms with Crippen molar-refractivity contribution in [3.8, 4) is 56.4 Å². The average Bonchev–Trinajstić information content (AvgIpc) is 3.33. The molecule has 0 bridgehead atoms. The maximum atomic E-state index is 5.17. The van der Waals surface area contributed by atoms with Gasteiger partial charge in [0.1, 0.15) is 0 Å². The zero-order chi connectivity index (χ0) is 39.6. The summed E-state index contributed by atoms with van der Waals surface area (Å²) < 4.78 is 0. The largest absolute Gasteiger partial charge is 0.254 e. The summed E-state index contributed by atoms with van der Waals surface area (Å²) >= 11 is 0. The summed E-state index contributed by atoms with van der Waals surface area (Å²) in [4.78, 5) is 34.2. The Balaban J connectivity index is 0.989. The molecule has 7 nitrogen and oxygen atoms in total. The highest BCUT2D eigenvalue weighted by molar-refractivity contribution is 6.12. The van der Waals surface area contributed by atoms with Crippen molar-refractivity contribution in [1.29, 1.82) is 0 Å². The van der Waals surface area contributed by atoms with Crippen molar-refractivity contribution >= 4 is 65.2 Å². The fourth-order valence-corrected chi connectivity index (χ4v) is 8.49. The summed E-state index contributed by atoms with van der Waals surface area (Å²) in [5.41, 5.74) is 10.8. The van der Waals surface area contributed by atoms with Crippen LogP contribution < -0.4 is 0 Å². The van der Waals surface area contributed by atoms with Crippen LogP contribution in [0.15, 0.2) is 189 Å².